The van der Waals surface area contributed by atoms with Crippen LogP contribution in [0.15, 0.2) is 79.0 Å². The summed E-state index contributed by atoms with van der Waals surface area (Å²) in [4.78, 5) is 25.2. The summed E-state index contributed by atoms with van der Waals surface area (Å²) in [6.07, 6.45) is 1.65. The van der Waals surface area contributed by atoms with Gasteiger partial charge in [0.25, 0.3) is 5.91 Å². The number of carbonyl (C=O) groups is 1. The van der Waals surface area contributed by atoms with Crippen molar-refractivity contribution in [1.29, 1.82) is 0 Å². The van der Waals surface area contributed by atoms with Gasteiger partial charge in [-0.2, -0.15) is 5.10 Å². The normalized spacial score (nSPS) is 11.3. The molecule has 0 radical (unpaired) electrons. The molecule has 8 nitrogen and oxygen atoms in total. The molecule has 2 N–H and O–H groups in total. The fourth-order valence-electron chi connectivity index (χ4n) is 4.29. The van der Waals surface area contributed by atoms with Crippen molar-refractivity contribution in [2.45, 2.75) is 6.92 Å². The van der Waals surface area contributed by atoms with E-state index < -0.39 is 0 Å². The maximum Gasteiger partial charge on any atom is 0.273 e. The summed E-state index contributed by atoms with van der Waals surface area (Å²) in [5.74, 6) is 0.525. The number of fused-ring (bicyclic) bond motifs is 1. The average Bonchev–Trinajstić information content (AvgIpc) is 3.62. The number of imidazole rings is 2. The fraction of sp³-hybridized carbons (Fsp3) is 0.0714. The monoisotopic (exact) mass is 525 g/mol. The van der Waals surface area contributed by atoms with Crippen molar-refractivity contribution < 1.29 is 9.18 Å². The second-order valence-electron chi connectivity index (χ2n) is 8.82. The molecule has 0 bridgehead atoms. The maximum absolute atomic E-state index is 13.5. The zero-order chi connectivity index (χ0) is 26.4. The van der Waals surface area contributed by atoms with Gasteiger partial charge in [0.2, 0.25) is 0 Å². The van der Waals surface area contributed by atoms with Gasteiger partial charge in [0.15, 0.2) is 11.5 Å². The summed E-state index contributed by atoms with van der Waals surface area (Å²) in [6.45, 7) is 1.90. The van der Waals surface area contributed by atoms with E-state index in [1.54, 1.807) is 41.0 Å². The van der Waals surface area contributed by atoms with E-state index in [0.29, 0.717) is 33.6 Å². The van der Waals surface area contributed by atoms with Crippen molar-refractivity contribution in [1.82, 2.24) is 29.1 Å². The van der Waals surface area contributed by atoms with Crippen LogP contribution in [-0.2, 0) is 7.05 Å². The van der Waals surface area contributed by atoms with Crippen LogP contribution in [0.25, 0.3) is 39.5 Å². The first-order valence-corrected chi connectivity index (χ1v) is 12.2. The van der Waals surface area contributed by atoms with E-state index in [1.807, 2.05) is 48.9 Å². The molecule has 0 unspecified atom stereocenters. The van der Waals surface area contributed by atoms with Crippen molar-refractivity contribution in [3.8, 4) is 33.9 Å². The first kappa shape index (κ1) is 23.6. The number of carbonyl (C=O) groups excluding carboxylic acids is 1. The van der Waals surface area contributed by atoms with Crippen LogP contribution >= 0.6 is 11.6 Å². The van der Waals surface area contributed by atoms with Crippen LogP contribution in [-0.4, -0.2) is 35.0 Å². The number of aromatic nitrogens is 6. The van der Waals surface area contributed by atoms with Gasteiger partial charge in [0.05, 0.1) is 17.6 Å². The van der Waals surface area contributed by atoms with Crippen molar-refractivity contribution in [2.75, 3.05) is 5.32 Å². The first-order chi connectivity index (χ1) is 18.4. The minimum atomic E-state index is -0.324. The van der Waals surface area contributed by atoms with Crippen molar-refractivity contribution >= 4 is 29.0 Å². The Hall–Kier alpha value is -4.76. The van der Waals surface area contributed by atoms with Gasteiger partial charge in [-0.1, -0.05) is 23.7 Å². The Balaban J connectivity index is 1.28. The first-order valence-electron chi connectivity index (χ1n) is 11.8. The van der Waals surface area contributed by atoms with E-state index in [2.05, 4.69) is 20.3 Å². The zero-order valence-electron chi connectivity index (χ0n) is 20.4. The number of aromatic amines is 1. The van der Waals surface area contributed by atoms with Crippen LogP contribution < -0.4 is 5.32 Å². The van der Waals surface area contributed by atoms with Crippen molar-refractivity contribution in [3.05, 3.63) is 101 Å². The van der Waals surface area contributed by atoms with E-state index in [4.69, 9.17) is 16.7 Å². The molecular weight excluding hydrogens is 505 g/mol. The highest BCUT2D eigenvalue weighted by Crippen LogP contribution is 2.31. The predicted octanol–water partition coefficient (Wildman–Crippen LogP) is 6.15. The second-order valence-corrected chi connectivity index (χ2v) is 9.25. The van der Waals surface area contributed by atoms with Gasteiger partial charge < -0.3 is 14.9 Å². The Morgan fingerprint density at radius 2 is 1.68 bits per heavy atom. The highest BCUT2D eigenvalue weighted by atomic mass is 35.5. The second kappa shape index (κ2) is 9.28. The third-order valence-corrected chi connectivity index (χ3v) is 6.58. The van der Waals surface area contributed by atoms with E-state index in [0.717, 1.165) is 28.3 Å². The highest BCUT2D eigenvalue weighted by Gasteiger charge is 2.19. The number of aryl methyl sites for hydroxylation is 1. The van der Waals surface area contributed by atoms with Crippen LogP contribution in [0.1, 0.15) is 16.3 Å². The molecule has 10 heteroatoms. The molecule has 0 aliphatic rings. The summed E-state index contributed by atoms with van der Waals surface area (Å²) in [7, 11) is 1.91. The van der Waals surface area contributed by atoms with Gasteiger partial charge >= 0.3 is 0 Å². The number of hydrogen-bond acceptors (Lipinski definition) is 4. The number of rotatable bonds is 5. The van der Waals surface area contributed by atoms with Crippen LogP contribution in [0.4, 0.5) is 10.2 Å². The standard InChI is InChI=1S/C28H21ClFN7O/c1-16-31-26(18-5-9-20(30)10-6-18)27(36(16)2)22-13-14-25-33-24(15-37(25)35-22)34-28(38)23-12-11-21(32-23)17-3-7-19(29)8-4-17/h3-15,32H,1-2H3,(H,34,38). The third-order valence-electron chi connectivity index (χ3n) is 6.33. The van der Waals surface area contributed by atoms with Gasteiger partial charge in [-0.25, -0.2) is 18.9 Å². The molecule has 4 aromatic heterocycles. The summed E-state index contributed by atoms with van der Waals surface area (Å²) < 4.78 is 17.0. The Morgan fingerprint density at radius 1 is 0.947 bits per heavy atom. The lowest BCUT2D eigenvalue weighted by atomic mass is 10.1. The van der Waals surface area contributed by atoms with Crippen LogP contribution in [0.2, 0.25) is 5.02 Å². The van der Waals surface area contributed by atoms with E-state index in [1.165, 1.54) is 12.1 Å². The lowest BCUT2D eigenvalue weighted by Crippen LogP contribution is -2.12. The molecule has 0 fully saturated rings. The number of hydrogen-bond donors (Lipinski definition) is 2. The molecule has 38 heavy (non-hydrogen) atoms. The van der Waals surface area contributed by atoms with Gasteiger partial charge in [0.1, 0.15) is 23.0 Å². The molecular formula is C28H21ClFN7O. The molecule has 1 amide bonds. The Kier molecular flexibility index (Phi) is 5.77. The van der Waals surface area contributed by atoms with E-state index in [-0.39, 0.29) is 11.7 Å². The number of H-pyrrole nitrogens is 1. The third kappa shape index (κ3) is 4.33. The van der Waals surface area contributed by atoms with Gasteiger partial charge in [-0.3, -0.25) is 4.79 Å². The Bertz CT molecular complexity index is 1800. The molecule has 0 spiro atoms. The lowest BCUT2D eigenvalue weighted by Gasteiger charge is -2.07. The number of amides is 1. The molecule has 6 aromatic rings. The lowest BCUT2D eigenvalue weighted by molar-refractivity contribution is 0.102. The molecule has 2 aromatic carbocycles. The molecule has 188 valence electrons. The minimum absolute atomic E-state index is 0.309. The summed E-state index contributed by atoms with van der Waals surface area (Å²) in [5, 5.41) is 8.19. The largest absolute Gasteiger partial charge is 0.351 e. The summed E-state index contributed by atoms with van der Waals surface area (Å²) >= 11 is 5.97. The zero-order valence-corrected chi connectivity index (χ0v) is 21.2. The average molecular weight is 526 g/mol. The van der Waals surface area contributed by atoms with E-state index >= 15 is 0 Å². The summed E-state index contributed by atoms with van der Waals surface area (Å²) in [6, 6.07) is 20.8. The number of nitrogens with one attached hydrogen (secondary N) is 2. The molecule has 0 atom stereocenters. The van der Waals surface area contributed by atoms with Crippen molar-refractivity contribution in [2.24, 2.45) is 7.05 Å². The topological polar surface area (TPSA) is 92.9 Å². The van der Waals surface area contributed by atoms with Gasteiger partial charge in [-0.05, 0) is 73.2 Å². The SMILES string of the molecule is Cc1nc(-c2ccc(F)cc2)c(-c2ccc3nc(NC(=O)c4ccc(-c5ccc(Cl)cc5)[nH]4)cn3n2)n1C. The molecule has 0 saturated heterocycles. The predicted molar refractivity (Wildman–Crippen MR) is 145 cm³/mol. The highest BCUT2D eigenvalue weighted by molar-refractivity contribution is 6.30. The Labute approximate surface area is 221 Å². The van der Waals surface area contributed by atoms with Crippen LogP contribution in [0, 0.1) is 12.7 Å². The number of nitrogens with zero attached hydrogens (tertiary/aromatic N) is 5. The molecule has 6 rings (SSSR count). The number of halogens is 2. The van der Waals surface area contributed by atoms with E-state index in [9.17, 15) is 9.18 Å². The van der Waals surface area contributed by atoms with Crippen LogP contribution in [0.5, 0.6) is 0 Å². The van der Waals surface area contributed by atoms with Gasteiger partial charge in [-0.15, -0.1) is 0 Å². The van der Waals surface area contributed by atoms with Crippen LogP contribution in [0.3, 0.4) is 0 Å². The number of benzene rings is 2. The molecule has 0 saturated carbocycles. The van der Waals surface area contributed by atoms with Crippen molar-refractivity contribution in [3.63, 3.8) is 0 Å². The summed E-state index contributed by atoms with van der Waals surface area (Å²) in [5.41, 5.74) is 5.63. The molecule has 4 heterocycles. The Morgan fingerprint density at radius 3 is 2.45 bits per heavy atom. The van der Waals surface area contributed by atoms with Gasteiger partial charge in [0, 0.05) is 23.3 Å². The molecule has 0 aliphatic carbocycles. The minimum Gasteiger partial charge on any atom is -0.351 e. The quantitative estimate of drug-likeness (QED) is 0.282. The fourth-order valence-corrected chi connectivity index (χ4v) is 4.42. The smallest absolute Gasteiger partial charge is 0.273 e. The number of anilines is 1. The molecule has 0 aliphatic heterocycles. The maximum atomic E-state index is 13.5.